The van der Waals surface area contributed by atoms with E-state index in [1.54, 1.807) is 0 Å². The van der Waals surface area contributed by atoms with Crippen molar-refractivity contribution in [2.75, 3.05) is 0 Å². The molecule has 0 amide bonds. The Labute approximate surface area is 60.1 Å². The number of nitrogens with one attached hydrogen (secondary N) is 1. The van der Waals surface area contributed by atoms with E-state index in [0.717, 1.165) is 0 Å². The summed E-state index contributed by atoms with van der Waals surface area (Å²) in [6.45, 7) is 6.20. The van der Waals surface area contributed by atoms with E-state index in [0.29, 0.717) is 9.68 Å². The Balaban J connectivity index is 0. The van der Waals surface area contributed by atoms with Gasteiger partial charge in [0.15, 0.2) is 0 Å². The van der Waals surface area contributed by atoms with Crippen molar-refractivity contribution >= 4 is 9.68 Å². The molecular weight excluding hydrogens is 97.1 g/mol. The van der Waals surface area contributed by atoms with E-state index in [1.165, 1.54) is 0 Å². The molecule has 0 aromatic carbocycles. The summed E-state index contributed by atoms with van der Waals surface area (Å²) < 4.78 is 0. The van der Waals surface area contributed by atoms with Crippen LogP contribution in [0.3, 0.4) is 0 Å². The first-order chi connectivity index (χ1) is 2.56. The van der Waals surface area contributed by atoms with Crippen LogP contribution in [0.1, 0.15) is 20.8 Å². The zero-order chi connectivity index (χ0) is 5.21. The number of hydrogen-bond donors (Lipinski definition) is 0. The third-order valence-electron chi connectivity index (χ3n) is 0.375. The van der Waals surface area contributed by atoms with Gasteiger partial charge in [0.2, 0.25) is 0 Å². The van der Waals surface area contributed by atoms with E-state index >= 15 is 0 Å². The van der Waals surface area contributed by atoms with Gasteiger partial charge in [-0.25, -0.2) is 0 Å². The zero-order valence-electron chi connectivity index (χ0n) is 5.50. The molecule has 1 nitrogen and oxygen atoms in total. The summed E-state index contributed by atoms with van der Waals surface area (Å²) in [6.07, 6.45) is 0. The van der Waals surface area contributed by atoms with E-state index in [2.05, 4.69) is 20.8 Å². The largest absolute Gasteiger partial charge is 1.00 e. The second kappa shape index (κ2) is 3.74. The molecule has 0 saturated heterocycles. The first-order valence-corrected chi connectivity index (χ1v) is 3.00. The molecule has 0 saturated carbocycles. The Kier molecular flexibility index (Phi) is 5.71. The maximum absolute atomic E-state index is 6.88. The fourth-order valence-electron chi connectivity index (χ4n) is 0. The minimum atomic E-state index is 0. The van der Waals surface area contributed by atoms with Crippen LogP contribution < -0.4 is 18.9 Å². The summed E-state index contributed by atoms with van der Waals surface area (Å²) in [7, 11) is 0.317. The minimum absolute atomic E-state index is 0. The van der Waals surface area contributed by atoms with Crippen LogP contribution in [-0.2, 0) is 0 Å². The minimum Gasteiger partial charge on any atom is -0.685 e. The Hall–Kier alpha value is 0.774. The molecule has 0 spiro atoms. The molecule has 0 atom stereocenters. The van der Waals surface area contributed by atoms with Crippen molar-refractivity contribution in [3.63, 3.8) is 0 Å². The van der Waals surface area contributed by atoms with Gasteiger partial charge < -0.3 is 5.40 Å². The number of hydrogen-bond acceptors (Lipinski definition) is 0. The van der Waals surface area contributed by atoms with Gasteiger partial charge in [-0.15, -0.1) is 9.68 Å². The topological polar surface area (TPSA) is 23.8 Å². The molecule has 0 bridgehead atoms. The summed E-state index contributed by atoms with van der Waals surface area (Å²) >= 11 is 0. The van der Waals surface area contributed by atoms with Crippen molar-refractivity contribution in [1.82, 2.24) is 0 Å². The van der Waals surface area contributed by atoms with Gasteiger partial charge in [0.05, 0.1) is 0 Å². The van der Waals surface area contributed by atoms with Gasteiger partial charge in [0, 0.05) is 0 Å². The van der Waals surface area contributed by atoms with Gasteiger partial charge in [-0.05, 0) is 0 Å². The van der Waals surface area contributed by atoms with Gasteiger partial charge in [-0.2, -0.15) is 0 Å². The molecule has 0 aliphatic heterocycles. The molecule has 3 heteroatoms. The SMILES string of the molecule is CC(C)(C)[Si][NH-].[Li+]. The molecule has 1 N–H and O–H groups in total. The summed E-state index contributed by atoms with van der Waals surface area (Å²) in [5.41, 5.74) is 0. The molecule has 0 aromatic heterocycles. The molecule has 0 aliphatic carbocycles. The Bertz CT molecular complexity index is 41.4. The molecule has 7 heavy (non-hydrogen) atoms. The summed E-state index contributed by atoms with van der Waals surface area (Å²) in [6, 6.07) is 0. The Morgan fingerprint density at radius 1 is 1.29 bits per heavy atom. The van der Waals surface area contributed by atoms with Crippen LogP contribution in [0.25, 0.3) is 5.40 Å². The standard InChI is InChI=1S/C4H10NSi.Li/c1-4(2,3)6-5;/h5H,1-3H3;/q-1;+1. The quantitative estimate of drug-likeness (QED) is 0.350. The van der Waals surface area contributed by atoms with Gasteiger partial charge in [0.25, 0.3) is 0 Å². The van der Waals surface area contributed by atoms with Crippen LogP contribution in [-0.4, -0.2) is 9.68 Å². The van der Waals surface area contributed by atoms with Crippen molar-refractivity contribution in [2.24, 2.45) is 0 Å². The summed E-state index contributed by atoms with van der Waals surface area (Å²) in [5, 5.41) is 7.12. The summed E-state index contributed by atoms with van der Waals surface area (Å²) in [5.74, 6) is 0. The van der Waals surface area contributed by atoms with Gasteiger partial charge in [-0.1, -0.05) is 25.8 Å². The molecule has 0 aliphatic rings. The first-order valence-electron chi connectivity index (χ1n) is 2.00. The van der Waals surface area contributed by atoms with Crippen molar-refractivity contribution in [2.45, 2.75) is 25.8 Å². The van der Waals surface area contributed by atoms with Crippen molar-refractivity contribution in [1.29, 1.82) is 0 Å². The monoisotopic (exact) mass is 107 g/mol. The van der Waals surface area contributed by atoms with Crippen LogP contribution >= 0.6 is 0 Å². The normalized spacial score (nSPS) is 10.3. The maximum atomic E-state index is 6.88. The second-order valence-electron chi connectivity index (χ2n) is 2.38. The Morgan fingerprint density at radius 2 is 1.43 bits per heavy atom. The van der Waals surface area contributed by atoms with E-state index in [4.69, 9.17) is 5.40 Å². The van der Waals surface area contributed by atoms with Gasteiger partial charge >= 0.3 is 18.9 Å². The fraction of sp³-hybridized carbons (Fsp3) is 1.00. The molecule has 0 aromatic rings. The fourth-order valence-corrected chi connectivity index (χ4v) is 0. The zero-order valence-corrected chi connectivity index (χ0v) is 6.50. The predicted octanol–water partition coefficient (Wildman–Crippen LogP) is -1.12. The third-order valence-corrected chi connectivity index (χ3v) is 1.12. The van der Waals surface area contributed by atoms with Crippen molar-refractivity contribution in [3.8, 4) is 0 Å². The average Bonchev–Trinajstić information content (AvgIpc) is 1.35. The summed E-state index contributed by atoms with van der Waals surface area (Å²) in [4.78, 5) is 0. The molecule has 2 radical (unpaired) electrons. The average molecular weight is 107 g/mol. The first kappa shape index (κ1) is 10.7. The van der Waals surface area contributed by atoms with E-state index in [-0.39, 0.29) is 23.9 Å². The molecule has 0 fully saturated rings. The van der Waals surface area contributed by atoms with Gasteiger partial charge in [0.1, 0.15) is 0 Å². The van der Waals surface area contributed by atoms with Crippen LogP contribution in [0.5, 0.6) is 0 Å². The predicted molar refractivity (Wildman–Crippen MR) is 29.8 cm³/mol. The van der Waals surface area contributed by atoms with Crippen molar-refractivity contribution < 1.29 is 18.9 Å². The van der Waals surface area contributed by atoms with E-state index in [9.17, 15) is 0 Å². The van der Waals surface area contributed by atoms with Crippen LogP contribution in [0.4, 0.5) is 0 Å². The van der Waals surface area contributed by atoms with E-state index < -0.39 is 0 Å². The molecule has 0 heterocycles. The molecule has 36 valence electrons. The van der Waals surface area contributed by atoms with Gasteiger partial charge in [-0.3, -0.25) is 0 Å². The molecule has 0 unspecified atom stereocenters. The molecular formula is C4H10LiNSi. The maximum Gasteiger partial charge on any atom is 1.00 e. The van der Waals surface area contributed by atoms with Crippen LogP contribution in [0.15, 0.2) is 0 Å². The van der Waals surface area contributed by atoms with E-state index in [1.807, 2.05) is 0 Å². The number of rotatable bonds is 0. The second-order valence-corrected chi connectivity index (χ2v) is 4.12. The van der Waals surface area contributed by atoms with Crippen molar-refractivity contribution in [3.05, 3.63) is 5.40 Å². The third kappa shape index (κ3) is 10.8. The van der Waals surface area contributed by atoms with Crippen LogP contribution in [0, 0.1) is 0 Å². The molecule has 0 rings (SSSR count). The van der Waals surface area contributed by atoms with Crippen LogP contribution in [0.2, 0.25) is 5.04 Å². The smallest absolute Gasteiger partial charge is 0.685 e. The Morgan fingerprint density at radius 3 is 1.43 bits per heavy atom.